The number of hydrogen-bond donors (Lipinski definition) is 0. The summed E-state index contributed by atoms with van der Waals surface area (Å²) >= 11 is 0. The van der Waals surface area contributed by atoms with Gasteiger partial charge in [-0.3, -0.25) is 9.59 Å². The molecule has 0 saturated heterocycles. The summed E-state index contributed by atoms with van der Waals surface area (Å²) in [6.45, 7) is 8.22. The van der Waals surface area contributed by atoms with Gasteiger partial charge in [0.25, 0.3) is 0 Å². The van der Waals surface area contributed by atoms with Gasteiger partial charge >= 0.3 is 11.9 Å². The topological polar surface area (TPSA) is 52.6 Å². The molecule has 0 radical (unpaired) electrons. The van der Waals surface area contributed by atoms with E-state index in [1.165, 1.54) is 0 Å². The lowest BCUT2D eigenvalue weighted by Gasteiger charge is -2.20. The van der Waals surface area contributed by atoms with Crippen molar-refractivity contribution >= 4 is 11.9 Å². The van der Waals surface area contributed by atoms with Gasteiger partial charge in [0.2, 0.25) is 0 Å². The van der Waals surface area contributed by atoms with Gasteiger partial charge in [0.1, 0.15) is 0 Å². The highest BCUT2D eigenvalue weighted by Gasteiger charge is 2.26. The number of ether oxygens (including phenoxy) is 2. The van der Waals surface area contributed by atoms with Crippen molar-refractivity contribution in [1.82, 2.24) is 0 Å². The first kappa shape index (κ1) is 15.9. The zero-order chi connectivity index (χ0) is 13.3. The molecule has 0 unspecified atom stereocenters. The van der Waals surface area contributed by atoms with Crippen LogP contribution in [0.1, 0.15) is 53.4 Å². The number of carbonyl (C=O) groups excluding carboxylic acids is 2. The Morgan fingerprint density at radius 2 is 1.65 bits per heavy atom. The Bertz CT molecular complexity index is 246. The van der Waals surface area contributed by atoms with Crippen LogP contribution in [0.5, 0.6) is 0 Å². The van der Waals surface area contributed by atoms with Crippen molar-refractivity contribution < 1.29 is 19.1 Å². The third-order valence-corrected chi connectivity index (χ3v) is 2.68. The third kappa shape index (κ3) is 6.97. The summed E-state index contributed by atoms with van der Waals surface area (Å²) in [6, 6.07) is 0. The predicted octanol–water partition coefficient (Wildman–Crippen LogP) is 2.70. The molecule has 0 aromatic heterocycles. The van der Waals surface area contributed by atoms with Crippen molar-refractivity contribution in [3.8, 4) is 0 Å². The van der Waals surface area contributed by atoms with Crippen LogP contribution in [0.2, 0.25) is 0 Å². The normalized spacial score (nSPS) is 11.1. The molecule has 0 N–H and O–H groups in total. The summed E-state index contributed by atoms with van der Waals surface area (Å²) in [6.07, 6.45) is 2.54. The number of hydrogen-bond acceptors (Lipinski definition) is 4. The van der Waals surface area contributed by atoms with Crippen LogP contribution < -0.4 is 0 Å². The zero-order valence-corrected chi connectivity index (χ0v) is 11.4. The summed E-state index contributed by atoms with van der Waals surface area (Å²) in [5, 5.41) is 0. The lowest BCUT2D eigenvalue weighted by atomic mass is 9.91. The van der Waals surface area contributed by atoms with E-state index in [9.17, 15) is 9.59 Å². The quantitative estimate of drug-likeness (QED) is 0.486. The largest absolute Gasteiger partial charge is 0.466 e. The van der Waals surface area contributed by atoms with E-state index in [2.05, 4.69) is 0 Å². The predicted molar refractivity (Wildman–Crippen MR) is 65.5 cm³/mol. The fourth-order valence-electron chi connectivity index (χ4n) is 1.03. The number of carbonyl (C=O) groups is 2. The van der Waals surface area contributed by atoms with Crippen LogP contribution in [0.3, 0.4) is 0 Å². The molecule has 0 rings (SSSR count). The van der Waals surface area contributed by atoms with Crippen LogP contribution in [0.4, 0.5) is 0 Å². The maximum Gasteiger partial charge on any atom is 0.311 e. The van der Waals surface area contributed by atoms with E-state index < -0.39 is 5.41 Å². The van der Waals surface area contributed by atoms with Crippen LogP contribution in [-0.2, 0) is 19.1 Å². The monoisotopic (exact) mass is 244 g/mol. The SMILES string of the molecule is CCCC(=O)OCCCOC(=O)C(C)(C)CC. The zero-order valence-electron chi connectivity index (χ0n) is 11.4. The van der Waals surface area contributed by atoms with Gasteiger partial charge in [-0.15, -0.1) is 0 Å². The minimum atomic E-state index is -0.432. The number of esters is 2. The summed E-state index contributed by atoms with van der Waals surface area (Å²) < 4.78 is 10.1. The average molecular weight is 244 g/mol. The van der Waals surface area contributed by atoms with Gasteiger partial charge in [0, 0.05) is 12.8 Å². The van der Waals surface area contributed by atoms with Crippen molar-refractivity contribution in [2.75, 3.05) is 13.2 Å². The molecular formula is C13H24O4. The molecule has 4 heteroatoms. The average Bonchev–Trinajstić information content (AvgIpc) is 2.28. The van der Waals surface area contributed by atoms with Crippen molar-refractivity contribution in [3.63, 3.8) is 0 Å². The highest BCUT2D eigenvalue weighted by Crippen LogP contribution is 2.21. The first-order valence-corrected chi connectivity index (χ1v) is 6.27. The van der Waals surface area contributed by atoms with Crippen LogP contribution in [0.25, 0.3) is 0 Å². The molecule has 17 heavy (non-hydrogen) atoms. The molecule has 0 fully saturated rings. The summed E-state index contributed by atoms with van der Waals surface area (Å²) in [4.78, 5) is 22.6. The van der Waals surface area contributed by atoms with Crippen LogP contribution in [-0.4, -0.2) is 25.2 Å². The second kappa shape index (κ2) is 8.09. The molecule has 0 spiro atoms. The van der Waals surface area contributed by atoms with Gasteiger partial charge in [-0.1, -0.05) is 13.8 Å². The molecule has 0 amide bonds. The van der Waals surface area contributed by atoms with Gasteiger partial charge in [0.15, 0.2) is 0 Å². The van der Waals surface area contributed by atoms with Crippen molar-refractivity contribution in [2.24, 2.45) is 5.41 Å². The molecule has 0 atom stereocenters. The van der Waals surface area contributed by atoms with Crippen LogP contribution >= 0.6 is 0 Å². The minimum Gasteiger partial charge on any atom is -0.466 e. The van der Waals surface area contributed by atoms with E-state index >= 15 is 0 Å². The van der Waals surface area contributed by atoms with Gasteiger partial charge in [-0.25, -0.2) is 0 Å². The molecule has 0 aliphatic rings. The Labute approximate surface area is 104 Å². The molecular weight excluding hydrogens is 220 g/mol. The lowest BCUT2D eigenvalue weighted by Crippen LogP contribution is -2.26. The molecule has 0 aromatic rings. The van der Waals surface area contributed by atoms with Crippen molar-refractivity contribution in [3.05, 3.63) is 0 Å². The Hall–Kier alpha value is -1.06. The summed E-state index contributed by atoms with van der Waals surface area (Å²) in [7, 11) is 0. The summed E-state index contributed by atoms with van der Waals surface area (Å²) in [5.41, 5.74) is -0.432. The third-order valence-electron chi connectivity index (χ3n) is 2.68. The highest BCUT2D eigenvalue weighted by atomic mass is 16.5. The van der Waals surface area contributed by atoms with Gasteiger partial charge < -0.3 is 9.47 Å². The van der Waals surface area contributed by atoms with Crippen molar-refractivity contribution in [1.29, 1.82) is 0 Å². The Kier molecular flexibility index (Phi) is 7.59. The maximum absolute atomic E-state index is 11.6. The van der Waals surface area contributed by atoms with E-state index in [4.69, 9.17) is 9.47 Å². The van der Waals surface area contributed by atoms with E-state index in [0.29, 0.717) is 26.1 Å². The molecule has 0 aliphatic heterocycles. The molecule has 4 nitrogen and oxygen atoms in total. The first-order valence-electron chi connectivity index (χ1n) is 6.27. The van der Waals surface area contributed by atoms with Crippen LogP contribution in [0.15, 0.2) is 0 Å². The summed E-state index contributed by atoms with van der Waals surface area (Å²) in [5.74, 6) is -0.382. The Morgan fingerprint density at radius 3 is 2.18 bits per heavy atom. The fraction of sp³-hybridized carbons (Fsp3) is 0.846. The minimum absolute atomic E-state index is 0.187. The molecule has 0 aliphatic carbocycles. The molecule has 0 heterocycles. The first-order chi connectivity index (χ1) is 7.94. The van der Waals surface area contributed by atoms with E-state index in [0.717, 1.165) is 12.8 Å². The van der Waals surface area contributed by atoms with Gasteiger partial charge in [-0.2, -0.15) is 0 Å². The molecule has 0 saturated carbocycles. The number of rotatable bonds is 8. The Morgan fingerprint density at radius 1 is 1.06 bits per heavy atom. The maximum atomic E-state index is 11.6. The van der Waals surface area contributed by atoms with Gasteiger partial charge in [0.05, 0.1) is 18.6 Å². The Balaban J connectivity index is 3.59. The molecule has 100 valence electrons. The van der Waals surface area contributed by atoms with Gasteiger partial charge in [-0.05, 0) is 26.7 Å². The standard InChI is InChI=1S/C13H24O4/c1-5-8-11(14)16-9-7-10-17-12(15)13(3,4)6-2/h5-10H2,1-4H3. The lowest BCUT2D eigenvalue weighted by molar-refractivity contribution is -0.154. The van der Waals surface area contributed by atoms with E-state index in [1.54, 1.807) is 0 Å². The van der Waals surface area contributed by atoms with Crippen molar-refractivity contribution in [2.45, 2.75) is 53.4 Å². The molecule has 0 aromatic carbocycles. The molecule has 0 bridgehead atoms. The fourth-order valence-corrected chi connectivity index (χ4v) is 1.03. The second-order valence-corrected chi connectivity index (χ2v) is 4.70. The smallest absolute Gasteiger partial charge is 0.311 e. The van der Waals surface area contributed by atoms with Crippen LogP contribution in [0, 0.1) is 5.41 Å². The van der Waals surface area contributed by atoms with E-state index in [-0.39, 0.29) is 11.9 Å². The van der Waals surface area contributed by atoms with E-state index in [1.807, 2.05) is 27.7 Å². The highest BCUT2D eigenvalue weighted by molar-refractivity contribution is 5.75. The second-order valence-electron chi connectivity index (χ2n) is 4.70.